The van der Waals surface area contributed by atoms with Gasteiger partial charge in [-0.05, 0) is 38.5 Å². The van der Waals surface area contributed by atoms with Crippen LogP contribution in [0.2, 0.25) is 0 Å². The molecule has 0 spiro atoms. The van der Waals surface area contributed by atoms with Gasteiger partial charge in [0.25, 0.3) is 5.56 Å². The van der Waals surface area contributed by atoms with Gasteiger partial charge in [-0.15, -0.1) is 0 Å². The number of unbranched alkanes of at least 4 members (excludes halogenated alkanes) is 2. The molecule has 1 N–H and O–H groups in total. The molecule has 0 aliphatic heterocycles. The van der Waals surface area contributed by atoms with Crippen LogP contribution in [0, 0.1) is 5.92 Å². The first-order valence-corrected chi connectivity index (χ1v) is 10.5. The zero-order valence-electron chi connectivity index (χ0n) is 17.1. The number of aryl methyl sites for hydroxylation is 2. The molecule has 0 bridgehead atoms. The number of nitrogens with one attached hydrogen (secondary N) is 1. The van der Waals surface area contributed by atoms with E-state index in [0.717, 1.165) is 43.1 Å². The number of hydrogen-bond acceptors (Lipinski definition) is 4. The van der Waals surface area contributed by atoms with Crippen molar-refractivity contribution < 1.29 is 4.79 Å². The molecule has 1 aliphatic rings. The summed E-state index contributed by atoms with van der Waals surface area (Å²) in [5, 5.41) is 2.93. The summed E-state index contributed by atoms with van der Waals surface area (Å²) in [7, 11) is 0. The van der Waals surface area contributed by atoms with Crippen molar-refractivity contribution in [2.45, 2.75) is 85.0 Å². The highest BCUT2D eigenvalue weighted by molar-refractivity contribution is 5.77. The lowest BCUT2D eigenvalue weighted by Crippen LogP contribution is -2.46. The molecule has 154 valence electrons. The average molecular weight is 390 g/mol. The molecule has 8 nitrogen and oxygen atoms in total. The molecule has 0 radical (unpaired) electrons. The lowest BCUT2D eigenvalue weighted by molar-refractivity contribution is -0.122. The molecule has 1 amide bonds. The van der Waals surface area contributed by atoms with Crippen LogP contribution in [0.5, 0.6) is 0 Å². The molecule has 1 unspecified atom stereocenters. The van der Waals surface area contributed by atoms with Gasteiger partial charge in [0, 0.05) is 19.1 Å². The normalized spacial score (nSPS) is 15.1. The van der Waals surface area contributed by atoms with Gasteiger partial charge in [-0.1, -0.05) is 26.7 Å². The molecule has 1 atom stereocenters. The maximum atomic E-state index is 13.1. The number of hydrogen-bond donors (Lipinski definition) is 1. The van der Waals surface area contributed by atoms with E-state index in [0.29, 0.717) is 30.2 Å². The van der Waals surface area contributed by atoms with Crippen LogP contribution in [0.25, 0.3) is 11.2 Å². The molecular weight excluding hydrogens is 358 g/mol. The number of rotatable bonds is 10. The summed E-state index contributed by atoms with van der Waals surface area (Å²) in [6.07, 6.45) is 7.50. The second kappa shape index (κ2) is 8.75. The zero-order valence-corrected chi connectivity index (χ0v) is 17.1. The monoisotopic (exact) mass is 389 g/mol. The topological polar surface area (TPSA) is 90.9 Å². The highest BCUT2D eigenvalue weighted by Gasteiger charge is 2.29. The molecule has 1 saturated carbocycles. The Hall–Kier alpha value is -2.38. The van der Waals surface area contributed by atoms with Crippen molar-refractivity contribution in [1.82, 2.24) is 24.0 Å². The molecule has 2 aromatic rings. The quantitative estimate of drug-likeness (QED) is 0.672. The van der Waals surface area contributed by atoms with E-state index < -0.39 is 11.2 Å². The van der Waals surface area contributed by atoms with E-state index in [1.54, 1.807) is 10.9 Å². The summed E-state index contributed by atoms with van der Waals surface area (Å²) >= 11 is 0. The van der Waals surface area contributed by atoms with Crippen LogP contribution in [0.15, 0.2) is 15.9 Å². The highest BCUT2D eigenvalue weighted by atomic mass is 16.2. The van der Waals surface area contributed by atoms with Gasteiger partial charge in [-0.25, -0.2) is 14.3 Å². The smallest absolute Gasteiger partial charge is 0.333 e. The molecule has 28 heavy (non-hydrogen) atoms. The maximum absolute atomic E-state index is 13.1. The van der Waals surface area contributed by atoms with Crippen molar-refractivity contribution in [3.63, 3.8) is 0 Å². The lowest BCUT2D eigenvalue weighted by atomic mass is 10.2. The van der Waals surface area contributed by atoms with Crippen LogP contribution in [0.4, 0.5) is 0 Å². The van der Waals surface area contributed by atoms with Gasteiger partial charge in [-0.2, -0.15) is 0 Å². The number of amides is 1. The third-order valence-corrected chi connectivity index (χ3v) is 5.49. The van der Waals surface area contributed by atoms with E-state index in [2.05, 4.69) is 17.2 Å². The van der Waals surface area contributed by atoms with Crippen LogP contribution in [0.1, 0.15) is 59.3 Å². The van der Waals surface area contributed by atoms with E-state index in [1.807, 2.05) is 18.4 Å². The van der Waals surface area contributed by atoms with Crippen LogP contribution >= 0.6 is 0 Å². The fraction of sp³-hybridized carbons (Fsp3) is 0.700. The summed E-state index contributed by atoms with van der Waals surface area (Å²) in [6, 6.07) is 0.0735. The van der Waals surface area contributed by atoms with E-state index >= 15 is 0 Å². The summed E-state index contributed by atoms with van der Waals surface area (Å²) in [6.45, 7) is 7.00. The predicted octanol–water partition coefficient (Wildman–Crippen LogP) is 1.87. The first kappa shape index (κ1) is 20.4. The van der Waals surface area contributed by atoms with Gasteiger partial charge in [0.05, 0.1) is 6.33 Å². The maximum Gasteiger partial charge on any atom is 0.333 e. The average Bonchev–Trinajstić information content (AvgIpc) is 3.44. The van der Waals surface area contributed by atoms with E-state index in [4.69, 9.17) is 0 Å². The standard InChI is InChI=1S/C20H31N5O3/c1-4-6-10-23-13-21-18-17(23)19(27)25(20(28)24(18)11-7-5-2)12-16(26)22-14(3)15-8-9-15/h13-15H,4-12H2,1-3H3,(H,22,26). The van der Waals surface area contributed by atoms with Crippen molar-refractivity contribution in [3.8, 4) is 0 Å². The zero-order chi connectivity index (χ0) is 20.3. The van der Waals surface area contributed by atoms with Crippen molar-refractivity contribution in [2.75, 3.05) is 0 Å². The van der Waals surface area contributed by atoms with Gasteiger partial charge in [0.1, 0.15) is 6.54 Å². The molecule has 3 rings (SSSR count). The molecule has 1 fully saturated rings. The minimum absolute atomic E-state index is 0.0735. The Balaban J connectivity index is 2.00. The fourth-order valence-electron chi connectivity index (χ4n) is 3.55. The number of carbonyl (C=O) groups excluding carboxylic acids is 1. The first-order valence-electron chi connectivity index (χ1n) is 10.5. The Bertz CT molecular complexity index is 951. The summed E-state index contributed by atoms with van der Waals surface area (Å²) in [5.74, 6) is 0.222. The molecule has 8 heteroatoms. The van der Waals surface area contributed by atoms with Crippen LogP contribution in [-0.4, -0.2) is 30.6 Å². The molecule has 0 saturated heterocycles. The summed E-state index contributed by atoms with van der Waals surface area (Å²) < 4.78 is 4.42. The SMILES string of the molecule is CCCCn1cnc2c1c(=O)n(CC(=O)NC(C)C1CC1)c(=O)n2CCCC. The Morgan fingerprint density at radius 2 is 1.86 bits per heavy atom. The third-order valence-electron chi connectivity index (χ3n) is 5.49. The molecular formula is C20H31N5O3. The van der Waals surface area contributed by atoms with Crippen LogP contribution in [0.3, 0.4) is 0 Å². The number of fused-ring (bicyclic) bond motifs is 1. The number of nitrogens with zero attached hydrogens (tertiary/aromatic N) is 4. The van der Waals surface area contributed by atoms with Crippen LogP contribution < -0.4 is 16.6 Å². The predicted molar refractivity (Wildman–Crippen MR) is 108 cm³/mol. The van der Waals surface area contributed by atoms with E-state index in [9.17, 15) is 14.4 Å². The van der Waals surface area contributed by atoms with Crippen molar-refractivity contribution in [3.05, 3.63) is 27.2 Å². The minimum atomic E-state index is -0.457. The van der Waals surface area contributed by atoms with Crippen molar-refractivity contribution >= 4 is 17.1 Å². The molecule has 2 heterocycles. The third kappa shape index (κ3) is 4.20. The highest BCUT2D eigenvalue weighted by Crippen LogP contribution is 2.32. The summed E-state index contributed by atoms with van der Waals surface area (Å²) in [4.78, 5) is 42.9. The van der Waals surface area contributed by atoms with Gasteiger partial charge in [0.2, 0.25) is 5.91 Å². The van der Waals surface area contributed by atoms with Crippen LogP contribution in [-0.2, 0) is 24.4 Å². The molecule has 1 aliphatic carbocycles. The minimum Gasteiger partial charge on any atom is -0.352 e. The van der Waals surface area contributed by atoms with E-state index in [-0.39, 0.29) is 18.5 Å². The second-order valence-corrected chi connectivity index (χ2v) is 7.84. The second-order valence-electron chi connectivity index (χ2n) is 7.84. The number of carbonyl (C=O) groups is 1. The first-order chi connectivity index (χ1) is 13.5. The van der Waals surface area contributed by atoms with Crippen molar-refractivity contribution in [1.29, 1.82) is 0 Å². The van der Waals surface area contributed by atoms with Gasteiger partial charge < -0.3 is 9.88 Å². The van der Waals surface area contributed by atoms with Crippen molar-refractivity contribution in [2.24, 2.45) is 5.92 Å². The van der Waals surface area contributed by atoms with E-state index in [1.165, 1.54) is 0 Å². The van der Waals surface area contributed by atoms with Gasteiger partial charge in [0.15, 0.2) is 11.2 Å². The van der Waals surface area contributed by atoms with Gasteiger partial charge >= 0.3 is 5.69 Å². The number of aromatic nitrogens is 4. The Labute approximate surface area is 164 Å². The summed E-state index contributed by atoms with van der Waals surface area (Å²) in [5.41, 5.74) is -0.0637. The Morgan fingerprint density at radius 1 is 1.18 bits per heavy atom. The largest absolute Gasteiger partial charge is 0.352 e. The van der Waals surface area contributed by atoms with Gasteiger partial charge in [-0.3, -0.25) is 14.2 Å². The Kier molecular flexibility index (Phi) is 6.36. The fourth-order valence-corrected chi connectivity index (χ4v) is 3.55. The Morgan fingerprint density at radius 3 is 2.50 bits per heavy atom. The molecule has 0 aromatic carbocycles. The number of imidazole rings is 1. The lowest BCUT2D eigenvalue weighted by Gasteiger charge is -2.15. The molecule has 2 aromatic heterocycles.